The molecule has 0 amide bonds. The van der Waals surface area contributed by atoms with E-state index >= 15 is 0 Å². The summed E-state index contributed by atoms with van der Waals surface area (Å²) in [6.45, 7) is 4.00. The summed E-state index contributed by atoms with van der Waals surface area (Å²) >= 11 is 0. The van der Waals surface area contributed by atoms with Crippen LogP contribution in [-0.2, 0) is 0 Å². The van der Waals surface area contributed by atoms with Crippen molar-refractivity contribution < 1.29 is 4.42 Å². The molecule has 0 aliphatic rings. The van der Waals surface area contributed by atoms with E-state index in [0.717, 1.165) is 87.9 Å². The molecule has 3 heterocycles. The molecule has 0 aliphatic carbocycles. The van der Waals surface area contributed by atoms with Crippen LogP contribution < -0.4 is 0 Å². The maximum atomic E-state index is 6.87. The Hall–Kier alpha value is -8.41. The average Bonchev–Trinajstić information content (AvgIpc) is 3.94. The van der Waals surface area contributed by atoms with E-state index in [-0.39, 0.29) is 0 Å². The second-order valence-corrected chi connectivity index (χ2v) is 16.0. The minimum absolute atomic E-state index is 0.538. The normalized spacial score (nSPS) is 11.6. The minimum atomic E-state index is 0.538. The second kappa shape index (κ2) is 15.2. The van der Waals surface area contributed by atoms with Crippen LogP contribution in [0.3, 0.4) is 0 Å². The number of benzene rings is 10. The lowest BCUT2D eigenvalue weighted by Crippen LogP contribution is -2.07. The summed E-state index contributed by atoms with van der Waals surface area (Å²) in [5.41, 5.74) is 9.86. The highest BCUT2D eigenvalue weighted by Gasteiger charge is 2.24. The van der Waals surface area contributed by atoms with Gasteiger partial charge in [-0.1, -0.05) is 202 Å². The number of furan rings is 1. The lowest BCUT2D eigenvalue weighted by molar-refractivity contribution is 0.670. The first-order chi connectivity index (χ1) is 31.7. The van der Waals surface area contributed by atoms with Crippen LogP contribution in [0.5, 0.6) is 0 Å². The number of fused-ring (bicyclic) bond motifs is 11. The molecule has 0 atom stereocenters. The summed E-state index contributed by atoms with van der Waals surface area (Å²) in [6, 6.07) is 72.7. The van der Waals surface area contributed by atoms with Gasteiger partial charge in [0.1, 0.15) is 11.2 Å². The van der Waals surface area contributed by atoms with E-state index in [1.54, 1.807) is 0 Å². The average molecular weight is 821 g/mol. The van der Waals surface area contributed by atoms with Crippen LogP contribution in [0.25, 0.3) is 127 Å². The van der Waals surface area contributed by atoms with Crippen molar-refractivity contribution in [2.75, 3.05) is 0 Å². The van der Waals surface area contributed by atoms with Crippen molar-refractivity contribution in [2.24, 2.45) is 0 Å². The Labute approximate surface area is 369 Å². The first-order valence-electron chi connectivity index (χ1n) is 21.9. The highest BCUT2D eigenvalue weighted by Crippen LogP contribution is 2.45. The Morgan fingerprint density at radius 1 is 0.375 bits per heavy atom. The Balaban J connectivity index is 0.00000214. The fourth-order valence-corrected chi connectivity index (χ4v) is 9.54. The third kappa shape index (κ3) is 5.97. The number of para-hydroxylation sites is 2. The van der Waals surface area contributed by atoms with E-state index in [2.05, 4.69) is 205 Å². The summed E-state index contributed by atoms with van der Waals surface area (Å²) < 4.78 is 9.11. The minimum Gasteiger partial charge on any atom is -0.455 e. The van der Waals surface area contributed by atoms with Crippen molar-refractivity contribution >= 4 is 76.1 Å². The van der Waals surface area contributed by atoms with Gasteiger partial charge in [-0.2, -0.15) is 9.97 Å². The molecule has 5 heteroatoms. The van der Waals surface area contributed by atoms with E-state index in [9.17, 15) is 0 Å². The third-order valence-corrected chi connectivity index (χ3v) is 12.4. The molecular weight excluding hydrogens is 781 g/mol. The third-order valence-electron chi connectivity index (χ3n) is 12.4. The number of rotatable bonds is 5. The summed E-state index contributed by atoms with van der Waals surface area (Å²) in [4.78, 5) is 16.0. The molecule has 0 saturated carbocycles. The van der Waals surface area contributed by atoms with Gasteiger partial charge in [-0.25, -0.2) is 4.98 Å². The molecule has 0 unspecified atom stereocenters. The van der Waals surface area contributed by atoms with E-state index in [0.29, 0.717) is 17.6 Å². The van der Waals surface area contributed by atoms with Crippen molar-refractivity contribution in [3.8, 4) is 51.0 Å². The monoisotopic (exact) mass is 820 g/mol. The molecule has 10 aromatic carbocycles. The topological polar surface area (TPSA) is 56.7 Å². The van der Waals surface area contributed by atoms with Gasteiger partial charge in [-0.3, -0.25) is 4.57 Å². The van der Waals surface area contributed by atoms with Crippen molar-refractivity contribution in [3.05, 3.63) is 206 Å². The Kier molecular flexibility index (Phi) is 8.87. The number of hydrogen-bond acceptors (Lipinski definition) is 4. The van der Waals surface area contributed by atoms with Crippen LogP contribution in [-0.4, -0.2) is 19.5 Å². The zero-order valence-electron chi connectivity index (χ0n) is 35.3. The molecule has 0 radical (unpaired) electrons. The van der Waals surface area contributed by atoms with Crippen LogP contribution in [0.4, 0.5) is 0 Å². The largest absolute Gasteiger partial charge is 0.455 e. The maximum Gasteiger partial charge on any atom is 0.238 e. The van der Waals surface area contributed by atoms with Gasteiger partial charge in [-0.15, -0.1) is 0 Å². The molecule has 0 aliphatic heterocycles. The summed E-state index contributed by atoms with van der Waals surface area (Å²) in [5.74, 6) is 1.73. The van der Waals surface area contributed by atoms with Gasteiger partial charge < -0.3 is 4.42 Å². The smallest absolute Gasteiger partial charge is 0.238 e. The van der Waals surface area contributed by atoms with Gasteiger partial charge >= 0.3 is 0 Å². The summed E-state index contributed by atoms with van der Waals surface area (Å²) in [5, 5.41) is 11.4. The Morgan fingerprint density at radius 2 is 0.922 bits per heavy atom. The van der Waals surface area contributed by atoms with Gasteiger partial charge in [0.25, 0.3) is 0 Å². The number of aromatic nitrogens is 4. The molecular formula is C59H40N4O. The summed E-state index contributed by atoms with van der Waals surface area (Å²) in [6.07, 6.45) is 0. The first-order valence-corrected chi connectivity index (χ1v) is 21.9. The lowest BCUT2D eigenvalue weighted by atomic mass is 9.97. The highest BCUT2D eigenvalue weighted by atomic mass is 16.3. The molecule has 64 heavy (non-hydrogen) atoms. The van der Waals surface area contributed by atoms with Crippen LogP contribution in [0, 0.1) is 0 Å². The zero-order chi connectivity index (χ0) is 42.7. The molecule has 0 N–H and O–H groups in total. The van der Waals surface area contributed by atoms with E-state index in [1.807, 2.05) is 19.9 Å². The molecule has 13 aromatic rings. The Bertz CT molecular complexity index is 3920. The molecule has 0 spiro atoms. The van der Waals surface area contributed by atoms with Crippen LogP contribution in [0.2, 0.25) is 0 Å². The molecule has 0 saturated heterocycles. The van der Waals surface area contributed by atoms with E-state index in [1.165, 1.54) is 21.5 Å². The van der Waals surface area contributed by atoms with Gasteiger partial charge in [-0.05, 0) is 61.6 Å². The molecule has 3 aromatic heterocycles. The summed E-state index contributed by atoms with van der Waals surface area (Å²) in [7, 11) is 0. The van der Waals surface area contributed by atoms with E-state index in [4.69, 9.17) is 19.4 Å². The predicted molar refractivity (Wildman–Crippen MR) is 267 cm³/mol. The fourth-order valence-electron chi connectivity index (χ4n) is 9.54. The molecule has 0 fully saturated rings. The van der Waals surface area contributed by atoms with Crippen molar-refractivity contribution in [3.63, 3.8) is 0 Å². The second-order valence-electron chi connectivity index (χ2n) is 16.0. The van der Waals surface area contributed by atoms with Crippen LogP contribution in [0.1, 0.15) is 13.8 Å². The zero-order valence-corrected chi connectivity index (χ0v) is 35.3. The quantitative estimate of drug-likeness (QED) is 0.174. The lowest BCUT2D eigenvalue weighted by Gasteiger charge is -2.13. The highest BCUT2D eigenvalue weighted by molar-refractivity contribution is 6.25. The standard InChI is InChI=1S/C57H34N4O.C2H6/c1-2-12-35(13-3-1)37-24-27-40(28-25-37)55-58-56(42-29-26-36-14-4-5-17-41(36)34-42)60-57(59-55)61-49-32-30-38-15-6-8-18-43(38)51(49)47-22-10-20-45(53(47)61)46-21-11-23-48-52-44-19-9-7-16-39(44)31-33-50(52)62-54(46)48;1-2/h1-34H;1-2H3. The van der Waals surface area contributed by atoms with Gasteiger partial charge in [0.15, 0.2) is 11.6 Å². The van der Waals surface area contributed by atoms with Gasteiger partial charge in [0.2, 0.25) is 5.95 Å². The van der Waals surface area contributed by atoms with E-state index < -0.39 is 0 Å². The SMILES string of the molecule is CC.c1ccc(-c2ccc(-c3nc(-c4ccc5ccccc5c4)nc(-n4c5ccc6ccccc6c5c5cccc(-c6cccc7c6oc6ccc8ccccc8c67)c54)n3)cc2)cc1. The van der Waals surface area contributed by atoms with Crippen LogP contribution >= 0.6 is 0 Å². The fraction of sp³-hybridized carbons (Fsp3) is 0.0339. The van der Waals surface area contributed by atoms with Crippen molar-refractivity contribution in [2.45, 2.75) is 13.8 Å². The van der Waals surface area contributed by atoms with Crippen LogP contribution in [0.15, 0.2) is 211 Å². The van der Waals surface area contributed by atoms with Crippen molar-refractivity contribution in [1.82, 2.24) is 19.5 Å². The molecule has 5 nitrogen and oxygen atoms in total. The van der Waals surface area contributed by atoms with Crippen molar-refractivity contribution in [1.29, 1.82) is 0 Å². The van der Waals surface area contributed by atoms with Gasteiger partial charge in [0, 0.05) is 43.8 Å². The molecule has 13 rings (SSSR count). The number of hydrogen-bond donors (Lipinski definition) is 0. The first kappa shape index (κ1) is 37.4. The molecule has 0 bridgehead atoms. The molecule has 302 valence electrons. The number of nitrogens with zero attached hydrogens (tertiary/aromatic N) is 4. The predicted octanol–water partition coefficient (Wildman–Crippen LogP) is 16.0. The Morgan fingerprint density at radius 3 is 1.69 bits per heavy atom. The van der Waals surface area contributed by atoms with Gasteiger partial charge in [0.05, 0.1) is 11.0 Å². The maximum absolute atomic E-state index is 6.87.